The van der Waals surface area contributed by atoms with Crippen LogP contribution in [0.1, 0.15) is 24.9 Å². The number of methoxy groups -OCH3 is 2. The molecule has 0 N–H and O–H groups in total. The third-order valence-corrected chi connectivity index (χ3v) is 5.00. The number of amidine groups is 1. The van der Waals surface area contributed by atoms with E-state index >= 15 is 0 Å². The van der Waals surface area contributed by atoms with E-state index in [1.54, 1.807) is 18.9 Å². The lowest BCUT2D eigenvalue weighted by Crippen LogP contribution is -2.45. The SMILES string of the molecule is COC(=O)C1=C(C)N=C2SCCC(=O)N2C1c1ccc(OC)cc1. The molecule has 1 saturated heterocycles. The number of ether oxygens (including phenoxy) is 2. The van der Waals surface area contributed by atoms with Gasteiger partial charge in [0.1, 0.15) is 5.75 Å². The molecular formula is C17H18N2O4S. The molecule has 1 atom stereocenters. The van der Waals surface area contributed by atoms with Gasteiger partial charge in [0.2, 0.25) is 5.91 Å². The van der Waals surface area contributed by atoms with Gasteiger partial charge in [0, 0.05) is 12.2 Å². The van der Waals surface area contributed by atoms with Gasteiger partial charge in [-0.25, -0.2) is 9.79 Å². The number of allylic oxidation sites excluding steroid dienone is 1. The molecule has 24 heavy (non-hydrogen) atoms. The van der Waals surface area contributed by atoms with Crippen molar-refractivity contribution in [3.63, 3.8) is 0 Å². The molecule has 2 heterocycles. The normalized spacial score (nSPS) is 20.5. The van der Waals surface area contributed by atoms with Crippen LogP contribution in [0.4, 0.5) is 0 Å². The highest BCUT2D eigenvalue weighted by atomic mass is 32.2. The van der Waals surface area contributed by atoms with Crippen LogP contribution in [0, 0.1) is 0 Å². The molecular weight excluding hydrogens is 328 g/mol. The highest BCUT2D eigenvalue weighted by Gasteiger charge is 2.41. The number of nitrogens with zero attached hydrogens (tertiary/aromatic N) is 2. The van der Waals surface area contributed by atoms with E-state index in [4.69, 9.17) is 9.47 Å². The van der Waals surface area contributed by atoms with Crippen LogP contribution in [0.25, 0.3) is 0 Å². The fraction of sp³-hybridized carbons (Fsp3) is 0.353. The first-order valence-corrected chi connectivity index (χ1v) is 8.52. The standard InChI is InChI=1S/C17H18N2O4S/c1-10-14(16(21)23-3)15(11-4-6-12(22-2)7-5-11)19-13(20)8-9-24-17(19)18-10/h4-7,15H,8-9H2,1-3H3. The highest BCUT2D eigenvalue weighted by Crippen LogP contribution is 2.40. The minimum Gasteiger partial charge on any atom is -0.497 e. The molecule has 1 unspecified atom stereocenters. The number of carbonyl (C=O) groups is 2. The number of hydrogen-bond acceptors (Lipinski definition) is 6. The Bertz CT molecular complexity index is 739. The number of hydrogen-bond donors (Lipinski definition) is 0. The zero-order valence-corrected chi connectivity index (χ0v) is 14.6. The Hall–Kier alpha value is -2.28. The Morgan fingerprint density at radius 3 is 2.62 bits per heavy atom. The van der Waals surface area contributed by atoms with E-state index in [-0.39, 0.29) is 5.91 Å². The summed E-state index contributed by atoms with van der Waals surface area (Å²) in [6.07, 6.45) is 0.420. The summed E-state index contributed by atoms with van der Waals surface area (Å²) in [6, 6.07) is 6.81. The Morgan fingerprint density at radius 2 is 2.00 bits per heavy atom. The molecule has 126 valence electrons. The molecule has 1 aromatic carbocycles. The molecule has 1 fully saturated rings. The number of esters is 1. The Kier molecular flexibility index (Phi) is 4.62. The fourth-order valence-electron chi connectivity index (χ4n) is 2.87. The molecule has 0 saturated carbocycles. The van der Waals surface area contributed by atoms with Crippen molar-refractivity contribution in [2.24, 2.45) is 4.99 Å². The van der Waals surface area contributed by atoms with E-state index in [0.29, 0.717) is 34.4 Å². The molecule has 7 heteroatoms. The molecule has 3 rings (SSSR count). The quantitative estimate of drug-likeness (QED) is 0.787. The Labute approximate surface area is 144 Å². The maximum Gasteiger partial charge on any atom is 0.338 e. The second kappa shape index (κ2) is 6.68. The average Bonchev–Trinajstić information content (AvgIpc) is 2.60. The van der Waals surface area contributed by atoms with Gasteiger partial charge in [0.05, 0.1) is 31.5 Å². The minimum absolute atomic E-state index is 0.0396. The second-order valence-electron chi connectivity index (χ2n) is 5.42. The van der Waals surface area contributed by atoms with Gasteiger partial charge in [-0.05, 0) is 24.6 Å². The number of benzene rings is 1. The zero-order valence-electron chi connectivity index (χ0n) is 13.7. The van der Waals surface area contributed by atoms with E-state index in [0.717, 1.165) is 5.56 Å². The van der Waals surface area contributed by atoms with Crippen molar-refractivity contribution in [3.8, 4) is 5.75 Å². The lowest BCUT2D eigenvalue weighted by atomic mass is 9.94. The predicted molar refractivity (Wildman–Crippen MR) is 91.8 cm³/mol. The van der Waals surface area contributed by atoms with Crippen LogP contribution in [0.3, 0.4) is 0 Å². The molecule has 6 nitrogen and oxygen atoms in total. The molecule has 2 aliphatic rings. The van der Waals surface area contributed by atoms with Gasteiger partial charge < -0.3 is 9.47 Å². The van der Waals surface area contributed by atoms with E-state index in [1.807, 2.05) is 24.3 Å². The first-order valence-electron chi connectivity index (χ1n) is 7.53. The van der Waals surface area contributed by atoms with Crippen LogP contribution in [0.5, 0.6) is 5.75 Å². The minimum atomic E-state index is -0.531. The number of fused-ring (bicyclic) bond motifs is 1. The number of thioether (sulfide) groups is 1. The topological polar surface area (TPSA) is 68.2 Å². The molecule has 0 spiro atoms. The maximum absolute atomic E-state index is 12.5. The van der Waals surface area contributed by atoms with Gasteiger partial charge in [-0.2, -0.15) is 0 Å². The van der Waals surface area contributed by atoms with Crippen molar-refractivity contribution in [2.75, 3.05) is 20.0 Å². The Balaban J connectivity index is 2.13. The van der Waals surface area contributed by atoms with Gasteiger partial charge in [-0.3, -0.25) is 9.69 Å². The number of aliphatic imine (C=N–C) groups is 1. The van der Waals surface area contributed by atoms with Crippen molar-refractivity contribution < 1.29 is 19.1 Å². The number of carbonyl (C=O) groups excluding carboxylic acids is 2. The zero-order chi connectivity index (χ0) is 17.3. The first-order chi connectivity index (χ1) is 11.6. The van der Waals surface area contributed by atoms with Crippen LogP contribution in [-0.2, 0) is 14.3 Å². The summed E-state index contributed by atoms with van der Waals surface area (Å²) in [5.74, 6) is 0.898. The smallest absolute Gasteiger partial charge is 0.338 e. The molecule has 1 aromatic rings. The molecule has 1 amide bonds. The van der Waals surface area contributed by atoms with Crippen LogP contribution < -0.4 is 4.74 Å². The van der Waals surface area contributed by atoms with Crippen LogP contribution in [-0.4, -0.2) is 41.9 Å². The van der Waals surface area contributed by atoms with Crippen molar-refractivity contribution in [1.29, 1.82) is 0 Å². The number of amides is 1. The van der Waals surface area contributed by atoms with Crippen LogP contribution in [0.15, 0.2) is 40.5 Å². The van der Waals surface area contributed by atoms with E-state index < -0.39 is 12.0 Å². The predicted octanol–water partition coefficient (Wildman–Crippen LogP) is 2.52. The maximum atomic E-state index is 12.5. The van der Waals surface area contributed by atoms with E-state index in [1.165, 1.54) is 18.9 Å². The largest absolute Gasteiger partial charge is 0.497 e. The fourth-order valence-corrected chi connectivity index (χ4v) is 3.88. The molecule has 0 radical (unpaired) electrons. The summed E-state index contributed by atoms with van der Waals surface area (Å²) in [6.45, 7) is 1.77. The summed E-state index contributed by atoms with van der Waals surface area (Å²) in [5, 5.41) is 0.636. The van der Waals surface area contributed by atoms with Crippen molar-refractivity contribution >= 4 is 28.8 Å². The van der Waals surface area contributed by atoms with Crippen molar-refractivity contribution in [1.82, 2.24) is 4.90 Å². The van der Waals surface area contributed by atoms with Crippen molar-refractivity contribution in [2.45, 2.75) is 19.4 Å². The first kappa shape index (κ1) is 16.6. The molecule has 2 aliphatic heterocycles. The Morgan fingerprint density at radius 1 is 1.29 bits per heavy atom. The van der Waals surface area contributed by atoms with Gasteiger partial charge in [-0.1, -0.05) is 23.9 Å². The lowest BCUT2D eigenvalue weighted by molar-refractivity contribution is -0.137. The lowest BCUT2D eigenvalue weighted by Gasteiger charge is -2.38. The second-order valence-corrected chi connectivity index (χ2v) is 6.49. The summed E-state index contributed by atoms with van der Waals surface area (Å²) >= 11 is 1.53. The van der Waals surface area contributed by atoms with Gasteiger partial charge in [0.25, 0.3) is 0 Å². The third kappa shape index (κ3) is 2.80. The monoisotopic (exact) mass is 346 g/mol. The number of rotatable bonds is 3. The summed E-state index contributed by atoms with van der Waals surface area (Å²) < 4.78 is 10.1. The molecule has 0 aromatic heterocycles. The third-order valence-electron chi connectivity index (χ3n) is 4.04. The average molecular weight is 346 g/mol. The molecule has 0 bridgehead atoms. The van der Waals surface area contributed by atoms with Gasteiger partial charge in [-0.15, -0.1) is 0 Å². The van der Waals surface area contributed by atoms with E-state index in [9.17, 15) is 9.59 Å². The summed E-state index contributed by atoms with van der Waals surface area (Å²) in [7, 11) is 2.93. The highest BCUT2D eigenvalue weighted by molar-refractivity contribution is 8.14. The van der Waals surface area contributed by atoms with Crippen molar-refractivity contribution in [3.05, 3.63) is 41.1 Å². The van der Waals surface area contributed by atoms with Gasteiger partial charge >= 0.3 is 5.97 Å². The van der Waals surface area contributed by atoms with Crippen LogP contribution in [0.2, 0.25) is 0 Å². The summed E-state index contributed by atoms with van der Waals surface area (Å²) in [4.78, 5) is 30.9. The van der Waals surface area contributed by atoms with Crippen LogP contribution >= 0.6 is 11.8 Å². The summed E-state index contributed by atoms with van der Waals surface area (Å²) in [5.41, 5.74) is 1.79. The van der Waals surface area contributed by atoms with E-state index in [2.05, 4.69) is 4.99 Å². The molecule has 0 aliphatic carbocycles. The van der Waals surface area contributed by atoms with Gasteiger partial charge in [0.15, 0.2) is 5.17 Å².